The Hall–Kier alpha value is -3.35. The van der Waals surface area contributed by atoms with Crippen LogP contribution in [0.1, 0.15) is 32.4 Å². The number of hydrogen-bond acceptors (Lipinski definition) is 2. The van der Waals surface area contributed by atoms with Crippen molar-refractivity contribution in [3.8, 4) is 0 Å². The van der Waals surface area contributed by atoms with Crippen LogP contribution in [0.25, 0.3) is 10.9 Å². The summed E-state index contributed by atoms with van der Waals surface area (Å²) in [5.41, 5.74) is 2.02. The minimum Gasteiger partial charge on any atom is -0.342 e. The lowest BCUT2D eigenvalue weighted by atomic mass is 10.1. The fourth-order valence-electron chi connectivity index (χ4n) is 3.65. The molecule has 1 aromatic heterocycles. The van der Waals surface area contributed by atoms with Gasteiger partial charge in [-0.1, -0.05) is 18.2 Å². The van der Waals surface area contributed by atoms with Crippen LogP contribution in [-0.2, 0) is 11.3 Å². The summed E-state index contributed by atoms with van der Waals surface area (Å²) in [6.45, 7) is 7.36. The van der Waals surface area contributed by atoms with Crippen LogP contribution in [0, 0.1) is 5.82 Å². The van der Waals surface area contributed by atoms with Crippen molar-refractivity contribution in [1.29, 1.82) is 0 Å². The molecule has 3 amide bonds. The number of carbonyl (C=O) groups excluding carboxylic acids is 2. The van der Waals surface area contributed by atoms with Crippen molar-refractivity contribution in [2.24, 2.45) is 0 Å². The molecule has 2 aromatic carbocycles. The number of fused-ring (bicyclic) bond motifs is 1. The highest BCUT2D eigenvalue weighted by Crippen LogP contribution is 2.24. The number of likely N-dealkylation sites (N-methyl/N-ethyl adjacent to an activating group) is 1. The van der Waals surface area contributed by atoms with E-state index in [0.717, 1.165) is 10.9 Å². The van der Waals surface area contributed by atoms with Crippen LogP contribution in [0.15, 0.2) is 54.7 Å². The van der Waals surface area contributed by atoms with Crippen molar-refractivity contribution in [2.75, 3.05) is 25.5 Å². The highest BCUT2D eigenvalue weighted by Gasteiger charge is 2.20. The van der Waals surface area contributed by atoms with Gasteiger partial charge in [0.25, 0.3) is 0 Å². The Balaban J connectivity index is 1.72. The molecule has 1 unspecified atom stereocenters. The normalized spacial score (nSPS) is 11.9. The summed E-state index contributed by atoms with van der Waals surface area (Å²) in [5, 5.41) is 3.80. The lowest BCUT2D eigenvalue weighted by Gasteiger charge is -2.26. The van der Waals surface area contributed by atoms with E-state index in [4.69, 9.17) is 0 Å². The van der Waals surface area contributed by atoms with Crippen molar-refractivity contribution >= 4 is 28.5 Å². The number of hydrogen-bond donors (Lipinski definition) is 1. The molecular formula is C24H29FN4O2. The zero-order valence-electron chi connectivity index (χ0n) is 18.4. The Morgan fingerprint density at radius 1 is 1.10 bits per heavy atom. The van der Waals surface area contributed by atoms with Crippen LogP contribution in [0.4, 0.5) is 14.9 Å². The first-order valence-electron chi connectivity index (χ1n) is 10.5. The third kappa shape index (κ3) is 4.87. The molecule has 31 heavy (non-hydrogen) atoms. The first-order valence-corrected chi connectivity index (χ1v) is 10.5. The van der Waals surface area contributed by atoms with Gasteiger partial charge >= 0.3 is 6.03 Å². The Kier molecular flexibility index (Phi) is 6.95. The number of amides is 3. The molecule has 7 heteroatoms. The summed E-state index contributed by atoms with van der Waals surface area (Å²) in [4.78, 5) is 28.4. The Morgan fingerprint density at radius 3 is 2.48 bits per heavy atom. The predicted octanol–water partition coefficient (Wildman–Crippen LogP) is 4.87. The summed E-state index contributed by atoms with van der Waals surface area (Å²) in [7, 11) is 1.64. The standard InChI is InChI=1S/C24H29FN4O2/c1-5-28(6-2)23(30)16-29-14-13-18-15-19(11-12-22(18)29)26-24(31)27(4)17(3)20-9-7-8-10-21(20)25/h7-15,17H,5-6,16H2,1-4H3,(H,26,31). The average Bonchev–Trinajstić information content (AvgIpc) is 3.15. The van der Waals surface area contributed by atoms with Crippen LogP contribution in [0.5, 0.6) is 0 Å². The van der Waals surface area contributed by atoms with Crippen LogP contribution in [0.3, 0.4) is 0 Å². The summed E-state index contributed by atoms with van der Waals surface area (Å²) in [5.74, 6) is -0.264. The van der Waals surface area contributed by atoms with E-state index < -0.39 is 6.04 Å². The number of nitrogens with zero attached hydrogens (tertiary/aromatic N) is 3. The van der Waals surface area contributed by atoms with Crippen LogP contribution < -0.4 is 5.32 Å². The van der Waals surface area contributed by atoms with Gasteiger partial charge in [0.1, 0.15) is 12.4 Å². The van der Waals surface area contributed by atoms with E-state index >= 15 is 0 Å². The van der Waals surface area contributed by atoms with Crippen LogP contribution in [0.2, 0.25) is 0 Å². The van der Waals surface area contributed by atoms with Crippen molar-refractivity contribution < 1.29 is 14.0 Å². The highest BCUT2D eigenvalue weighted by atomic mass is 19.1. The fourth-order valence-corrected chi connectivity index (χ4v) is 3.65. The minimum atomic E-state index is -0.419. The third-order valence-electron chi connectivity index (χ3n) is 5.70. The van der Waals surface area contributed by atoms with Gasteiger partial charge in [0, 0.05) is 48.5 Å². The lowest BCUT2D eigenvalue weighted by molar-refractivity contribution is -0.131. The van der Waals surface area contributed by atoms with E-state index in [9.17, 15) is 14.0 Å². The summed E-state index contributed by atoms with van der Waals surface area (Å²) >= 11 is 0. The molecule has 0 bridgehead atoms. The molecule has 0 fully saturated rings. The van der Waals surface area contributed by atoms with E-state index in [0.29, 0.717) is 24.3 Å². The number of benzene rings is 2. The molecule has 1 atom stereocenters. The first kappa shape index (κ1) is 22.3. The number of carbonyl (C=O) groups is 2. The van der Waals surface area contributed by atoms with E-state index in [2.05, 4.69) is 5.32 Å². The molecule has 6 nitrogen and oxygen atoms in total. The second-order valence-electron chi connectivity index (χ2n) is 7.52. The Labute approximate surface area is 182 Å². The van der Waals surface area contributed by atoms with Gasteiger partial charge in [0.2, 0.25) is 5.91 Å². The lowest BCUT2D eigenvalue weighted by Crippen LogP contribution is -2.34. The van der Waals surface area contributed by atoms with E-state index in [-0.39, 0.29) is 24.3 Å². The maximum absolute atomic E-state index is 14.1. The summed E-state index contributed by atoms with van der Waals surface area (Å²) in [6.07, 6.45) is 1.88. The number of halogens is 1. The molecule has 0 aliphatic heterocycles. The maximum atomic E-state index is 14.1. The number of aromatic nitrogens is 1. The van der Waals surface area contributed by atoms with Crippen LogP contribution >= 0.6 is 0 Å². The van der Waals surface area contributed by atoms with Crippen molar-refractivity contribution in [3.63, 3.8) is 0 Å². The highest BCUT2D eigenvalue weighted by molar-refractivity contribution is 5.93. The molecular weight excluding hydrogens is 395 g/mol. The monoisotopic (exact) mass is 424 g/mol. The summed E-state index contributed by atoms with van der Waals surface area (Å²) in [6, 6.07) is 13.2. The van der Waals surface area contributed by atoms with Gasteiger partial charge in [-0.15, -0.1) is 0 Å². The Morgan fingerprint density at radius 2 is 1.81 bits per heavy atom. The second kappa shape index (κ2) is 9.64. The molecule has 1 heterocycles. The molecule has 164 valence electrons. The van der Waals surface area contributed by atoms with Crippen molar-refractivity contribution in [2.45, 2.75) is 33.4 Å². The van der Waals surface area contributed by atoms with Gasteiger partial charge in [-0.05, 0) is 51.1 Å². The zero-order valence-corrected chi connectivity index (χ0v) is 18.4. The minimum absolute atomic E-state index is 0.0728. The van der Waals surface area contributed by atoms with Crippen LogP contribution in [-0.4, -0.2) is 46.4 Å². The van der Waals surface area contributed by atoms with Gasteiger partial charge in [0.15, 0.2) is 0 Å². The van der Waals surface area contributed by atoms with Crippen molar-refractivity contribution in [1.82, 2.24) is 14.4 Å². The predicted molar refractivity (Wildman–Crippen MR) is 121 cm³/mol. The average molecular weight is 425 g/mol. The molecule has 0 spiro atoms. The zero-order chi connectivity index (χ0) is 22.5. The smallest absolute Gasteiger partial charge is 0.322 e. The molecule has 0 saturated heterocycles. The second-order valence-corrected chi connectivity index (χ2v) is 7.52. The maximum Gasteiger partial charge on any atom is 0.322 e. The molecule has 1 N–H and O–H groups in total. The molecule has 0 radical (unpaired) electrons. The molecule has 0 aliphatic carbocycles. The van der Waals surface area contributed by atoms with E-state index in [1.807, 2.05) is 42.8 Å². The van der Waals surface area contributed by atoms with E-state index in [1.54, 1.807) is 43.1 Å². The fraction of sp³-hybridized carbons (Fsp3) is 0.333. The topological polar surface area (TPSA) is 57.6 Å². The largest absolute Gasteiger partial charge is 0.342 e. The first-order chi connectivity index (χ1) is 14.8. The van der Waals surface area contributed by atoms with Gasteiger partial charge in [-0.3, -0.25) is 4.79 Å². The third-order valence-corrected chi connectivity index (χ3v) is 5.70. The molecule has 3 rings (SSSR count). The number of anilines is 1. The summed E-state index contributed by atoms with van der Waals surface area (Å²) < 4.78 is 16.0. The number of nitrogens with one attached hydrogen (secondary N) is 1. The van der Waals surface area contributed by atoms with Gasteiger partial charge < -0.3 is 19.7 Å². The number of urea groups is 1. The van der Waals surface area contributed by atoms with Crippen molar-refractivity contribution in [3.05, 3.63) is 66.1 Å². The molecule has 3 aromatic rings. The van der Waals surface area contributed by atoms with Gasteiger partial charge in [-0.2, -0.15) is 0 Å². The van der Waals surface area contributed by atoms with Gasteiger partial charge in [0.05, 0.1) is 6.04 Å². The van der Waals surface area contributed by atoms with Gasteiger partial charge in [-0.25, -0.2) is 9.18 Å². The quantitative estimate of drug-likeness (QED) is 0.588. The number of rotatable bonds is 7. The Bertz CT molecular complexity index is 1070. The molecule has 0 aliphatic rings. The van der Waals surface area contributed by atoms with E-state index in [1.165, 1.54) is 11.0 Å². The molecule has 0 saturated carbocycles. The SMILES string of the molecule is CCN(CC)C(=O)Cn1ccc2cc(NC(=O)N(C)C(C)c3ccccc3F)ccc21.